The third-order valence-corrected chi connectivity index (χ3v) is 1.82. The molecule has 0 saturated carbocycles. The Hall–Kier alpha value is -0.960. The Labute approximate surface area is 70.4 Å². The van der Waals surface area contributed by atoms with E-state index < -0.39 is 11.6 Å². The van der Waals surface area contributed by atoms with Crippen molar-refractivity contribution in [1.29, 1.82) is 0 Å². The van der Waals surface area contributed by atoms with Crippen molar-refractivity contribution in [2.24, 2.45) is 0 Å². The van der Waals surface area contributed by atoms with E-state index in [1.54, 1.807) is 20.0 Å². The summed E-state index contributed by atoms with van der Waals surface area (Å²) < 4.78 is 25.5. The Morgan fingerprint density at radius 1 is 1.33 bits per heavy atom. The summed E-state index contributed by atoms with van der Waals surface area (Å²) in [6.45, 7) is 2.13. The van der Waals surface area contributed by atoms with Gasteiger partial charge in [0, 0.05) is 6.54 Å². The second-order valence-corrected chi connectivity index (χ2v) is 2.68. The number of nitrogens with one attached hydrogen (secondary N) is 1. The van der Waals surface area contributed by atoms with Crippen LogP contribution < -0.4 is 5.32 Å². The molecule has 0 bridgehead atoms. The van der Waals surface area contributed by atoms with Gasteiger partial charge in [-0.15, -0.1) is 0 Å². The number of rotatable bonds is 2. The SMILES string of the molecule is CNCc1ccc(F)c(F)c1C. The van der Waals surface area contributed by atoms with Gasteiger partial charge in [-0.05, 0) is 31.2 Å². The van der Waals surface area contributed by atoms with E-state index >= 15 is 0 Å². The molecule has 66 valence electrons. The van der Waals surface area contributed by atoms with Crippen LogP contribution in [-0.4, -0.2) is 7.05 Å². The molecule has 3 heteroatoms. The summed E-state index contributed by atoms with van der Waals surface area (Å²) in [6, 6.07) is 2.74. The van der Waals surface area contributed by atoms with Gasteiger partial charge >= 0.3 is 0 Å². The summed E-state index contributed by atoms with van der Waals surface area (Å²) in [4.78, 5) is 0. The van der Waals surface area contributed by atoms with Crippen LogP contribution in [0, 0.1) is 18.6 Å². The van der Waals surface area contributed by atoms with Crippen molar-refractivity contribution in [1.82, 2.24) is 5.32 Å². The summed E-state index contributed by atoms with van der Waals surface area (Å²) in [5.41, 5.74) is 1.17. The van der Waals surface area contributed by atoms with E-state index in [-0.39, 0.29) is 0 Å². The highest BCUT2D eigenvalue weighted by Crippen LogP contribution is 2.15. The number of hydrogen-bond acceptors (Lipinski definition) is 1. The molecule has 0 amide bonds. The molecule has 1 aromatic carbocycles. The Kier molecular flexibility index (Phi) is 2.76. The van der Waals surface area contributed by atoms with Crippen LogP contribution in [0.1, 0.15) is 11.1 Å². The maximum Gasteiger partial charge on any atom is 0.162 e. The van der Waals surface area contributed by atoms with E-state index in [0.29, 0.717) is 12.1 Å². The lowest BCUT2D eigenvalue weighted by atomic mass is 10.1. The van der Waals surface area contributed by atoms with Crippen LogP contribution in [0.25, 0.3) is 0 Å². The first-order valence-corrected chi connectivity index (χ1v) is 3.75. The van der Waals surface area contributed by atoms with E-state index in [2.05, 4.69) is 5.32 Å². The average Bonchev–Trinajstić information content (AvgIpc) is 2.07. The van der Waals surface area contributed by atoms with Crippen molar-refractivity contribution in [3.63, 3.8) is 0 Å². The summed E-state index contributed by atoms with van der Waals surface area (Å²) in [7, 11) is 1.76. The average molecular weight is 171 g/mol. The summed E-state index contributed by atoms with van der Waals surface area (Å²) in [6.07, 6.45) is 0. The van der Waals surface area contributed by atoms with E-state index in [4.69, 9.17) is 0 Å². The Balaban J connectivity index is 3.08. The molecule has 0 saturated heterocycles. The van der Waals surface area contributed by atoms with Crippen LogP contribution in [0.3, 0.4) is 0 Å². The smallest absolute Gasteiger partial charge is 0.162 e. The lowest BCUT2D eigenvalue weighted by molar-refractivity contribution is 0.500. The van der Waals surface area contributed by atoms with Gasteiger partial charge in [0.1, 0.15) is 0 Å². The van der Waals surface area contributed by atoms with E-state index in [1.165, 1.54) is 0 Å². The summed E-state index contributed by atoms with van der Waals surface area (Å²) in [5, 5.41) is 2.88. The molecule has 12 heavy (non-hydrogen) atoms. The fraction of sp³-hybridized carbons (Fsp3) is 0.333. The van der Waals surface area contributed by atoms with E-state index in [0.717, 1.165) is 11.6 Å². The summed E-state index contributed by atoms with van der Waals surface area (Å²) in [5.74, 6) is -1.53. The van der Waals surface area contributed by atoms with Crippen molar-refractivity contribution in [2.45, 2.75) is 13.5 Å². The Bertz CT molecular complexity index is 284. The van der Waals surface area contributed by atoms with Crippen LogP contribution in [-0.2, 0) is 6.54 Å². The van der Waals surface area contributed by atoms with Gasteiger partial charge in [0.25, 0.3) is 0 Å². The quantitative estimate of drug-likeness (QED) is 0.717. The fourth-order valence-electron chi connectivity index (χ4n) is 1.07. The fourth-order valence-corrected chi connectivity index (χ4v) is 1.07. The molecule has 0 unspecified atom stereocenters. The topological polar surface area (TPSA) is 12.0 Å². The highest BCUT2D eigenvalue weighted by atomic mass is 19.2. The molecule has 0 fully saturated rings. The maximum absolute atomic E-state index is 12.9. The Morgan fingerprint density at radius 3 is 2.58 bits per heavy atom. The minimum atomic E-state index is -0.785. The van der Waals surface area contributed by atoms with Gasteiger partial charge in [-0.1, -0.05) is 6.07 Å². The van der Waals surface area contributed by atoms with Crippen molar-refractivity contribution >= 4 is 0 Å². The van der Waals surface area contributed by atoms with Crippen LogP contribution >= 0.6 is 0 Å². The normalized spacial score (nSPS) is 10.3. The molecular weight excluding hydrogens is 160 g/mol. The predicted octanol–water partition coefficient (Wildman–Crippen LogP) is 1.99. The van der Waals surface area contributed by atoms with Gasteiger partial charge in [-0.25, -0.2) is 8.78 Å². The van der Waals surface area contributed by atoms with Gasteiger partial charge in [-0.3, -0.25) is 0 Å². The van der Waals surface area contributed by atoms with Crippen molar-refractivity contribution < 1.29 is 8.78 Å². The molecule has 0 aliphatic heterocycles. The second kappa shape index (κ2) is 3.63. The second-order valence-electron chi connectivity index (χ2n) is 2.68. The molecule has 0 atom stereocenters. The molecule has 1 aromatic rings. The first-order valence-electron chi connectivity index (χ1n) is 3.75. The lowest BCUT2D eigenvalue weighted by Crippen LogP contribution is -2.08. The predicted molar refractivity (Wildman–Crippen MR) is 43.9 cm³/mol. The van der Waals surface area contributed by atoms with Gasteiger partial charge < -0.3 is 5.32 Å². The molecule has 0 radical (unpaired) electrons. The first kappa shape index (κ1) is 9.13. The largest absolute Gasteiger partial charge is 0.316 e. The van der Waals surface area contributed by atoms with E-state index in [9.17, 15) is 8.78 Å². The molecule has 0 spiro atoms. The highest BCUT2D eigenvalue weighted by Gasteiger charge is 2.07. The third-order valence-electron chi connectivity index (χ3n) is 1.82. The highest BCUT2D eigenvalue weighted by molar-refractivity contribution is 5.28. The summed E-state index contributed by atoms with van der Waals surface area (Å²) >= 11 is 0. The minimum Gasteiger partial charge on any atom is -0.316 e. The van der Waals surface area contributed by atoms with Gasteiger partial charge in [-0.2, -0.15) is 0 Å². The van der Waals surface area contributed by atoms with Crippen LogP contribution in [0.2, 0.25) is 0 Å². The van der Waals surface area contributed by atoms with E-state index in [1.807, 2.05) is 0 Å². The van der Waals surface area contributed by atoms with Crippen molar-refractivity contribution in [3.8, 4) is 0 Å². The first-order chi connectivity index (χ1) is 5.66. The molecule has 1 nitrogen and oxygen atoms in total. The Morgan fingerprint density at radius 2 is 2.00 bits per heavy atom. The number of hydrogen-bond donors (Lipinski definition) is 1. The van der Waals surface area contributed by atoms with Crippen LogP contribution in [0.5, 0.6) is 0 Å². The van der Waals surface area contributed by atoms with Crippen molar-refractivity contribution in [3.05, 3.63) is 34.9 Å². The van der Waals surface area contributed by atoms with Gasteiger partial charge in [0.2, 0.25) is 0 Å². The molecule has 0 aromatic heterocycles. The van der Waals surface area contributed by atoms with Crippen LogP contribution in [0.4, 0.5) is 8.78 Å². The molecule has 0 heterocycles. The molecular formula is C9H11F2N. The number of halogens is 2. The molecule has 1 rings (SSSR count). The van der Waals surface area contributed by atoms with Gasteiger partial charge in [0.05, 0.1) is 0 Å². The lowest BCUT2D eigenvalue weighted by Gasteiger charge is -2.05. The van der Waals surface area contributed by atoms with Crippen molar-refractivity contribution in [2.75, 3.05) is 7.05 Å². The zero-order chi connectivity index (χ0) is 9.14. The minimum absolute atomic E-state index is 0.379. The zero-order valence-electron chi connectivity index (χ0n) is 7.12. The zero-order valence-corrected chi connectivity index (χ0v) is 7.12. The maximum atomic E-state index is 12.9. The number of benzene rings is 1. The monoisotopic (exact) mass is 171 g/mol. The standard InChI is InChI=1S/C9H11F2N/c1-6-7(5-12-2)3-4-8(10)9(6)11/h3-4,12H,5H2,1-2H3. The van der Waals surface area contributed by atoms with Crippen LogP contribution in [0.15, 0.2) is 12.1 Å². The molecule has 0 aliphatic carbocycles. The molecule has 0 aliphatic rings. The third kappa shape index (κ3) is 1.61. The molecule has 1 N–H and O–H groups in total. The van der Waals surface area contributed by atoms with Gasteiger partial charge in [0.15, 0.2) is 11.6 Å².